The Bertz CT molecular complexity index is 1120. The van der Waals surface area contributed by atoms with E-state index in [-0.39, 0.29) is 19.6 Å². The highest BCUT2D eigenvalue weighted by molar-refractivity contribution is 7.88. The number of piperazine rings is 1. The molecule has 1 atom stereocenters. The van der Waals surface area contributed by atoms with E-state index in [0.29, 0.717) is 22.0 Å². The maximum atomic E-state index is 13.0. The van der Waals surface area contributed by atoms with Gasteiger partial charge in [-0.05, 0) is 12.1 Å². The number of nitrogens with zero attached hydrogens (tertiary/aromatic N) is 4. The number of rotatable bonds is 2. The summed E-state index contributed by atoms with van der Waals surface area (Å²) in [6.45, 7) is 0.275. The van der Waals surface area contributed by atoms with Crippen molar-refractivity contribution in [3.05, 3.63) is 42.0 Å². The van der Waals surface area contributed by atoms with E-state index in [4.69, 9.17) is 0 Å². The number of anilines is 1. The first-order valence-electron chi connectivity index (χ1n) is 8.34. The molecule has 0 aliphatic carbocycles. The summed E-state index contributed by atoms with van der Waals surface area (Å²) in [4.78, 5) is 28.4. The molecule has 2 fully saturated rings. The topological polar surface area (TPSA) is 102 Å². The van der Waals surface area contributed by atoms with Crippen LogP contribution in [0.5, 0.6) is 0 Å². The second-order valence-corrected chi connectivity index (χ2v) is 8.56. The van der Waals surface area contributed by atoms with E-state index in [0.717, 1.165) is 11.2 Å². The summed E-state index contributed by atoms with van der Waals surface area (Å²) in [6.07, 6.45) is 1.09. The number of nitriles is 1. The highest BCUT2D eigenvalue weighted by Gasteiger charge is 2.49. The lowest BCUT2D eigenvalue weighted by atomic mass is 10.0. The molecule has 138 valence electrons. The van der Waals surface area contributed by atoms with Crippen molar-refractivity contribution < 1.29 is 18.0 Å². The van der Waals surface area contributed by atoms with Crippen LogP contribution in [0.1, 0.15) is 5.56 Å². The van der Waals surface area contributed by atoms with Crippen LogP contribution >= 0.6 is 0 Å². The lowest BCUT2D eigenvalue weighted by molar-refractivity contribution is -0.120. The SMILES string of the molecule is CS(=O)(=O)N1CCN2C(=O)N(c3ccc(C#N)c4ccccc34)C(=O)C2C1. The van der Waals surface area contributed by atoms with Crippen LogP contribution < -0.4 is 4.90 Å². The number of sulfonamides is 1. The molecule has 9 heteroatoms. The molecule has 3 amide bonds. The molecule has 0 aromatic heterocycles. The zero-order valence-corrected chi connectivity index (χ0v) is 15.3. The molecule has 2 heterocycles. The minimum atomic E-state index is -3.44. The fourth-order valence-corrected chi connectivity index (χ4v) is 4.49. The number of urea groups is 1. The van der Waals surface area contributed by atoms with Crippen LogP contribution in [0.2, 0.25) is 0 Å². The maximum absolute atomic E-state index is 13.0. The number of carbonyl (C=O) groups excluding carboxylic acids is 2. The van der Waals surface area contributed by atoms with Gasteiger partial charge in [-0.2, -0.15) is 9.57 Å². The molecule has 2 saturated heterocycles. The van der Waals surface area contributed by atoms with Crippen LogP contribution in [0.4, 0.5) is 10.5 Å². The minimum Gasteiger partial charge on any atom is -0.309 e. The van der Waals surface area contributed by atoms with Gasteiger partial charge in [0.25, 0.3) is 5.91 Å². The van der Waals surface area contributed by atoms with Crippen molar-refractivity contribution >= 4 is 38.4 Å². The molecule has 0 spiro atoms. The Labute approximate surface area is 156 Å². The van der Waals surface area contributed by atoms with Crippen molar-refractivity contribution in [3.63, 3.8) is 0 Å². The molecule has 0 radical (unpaired) electrons. The van der Waals surface area contributed by atoms with Crippen molar-refractivity contribution in [2.24, 2.45) is 0 Å². The van der Waals surface area contributed by atoms with Crippen molar-refractivity contribution in [2.45, 2.75) is 6.04 Å². The van der Waals surface area contributed by atoms with E-state index in [1.807, 2.05) is 0 Å². The summed E-state index contributed by atoms with van der Waals surface area (Å²) in [6, 6.07) is 11.1. The number of imide groups is 1. The highest BCUT2D eigenvalue weighted by atomic mass is 32.2. The van der Waals surface area contributed by atoms with Gasteiger partial charge in [0, 0.05) is 30.4 Å². The van der Waals surface area contributed by atoms with Gasteiger partial charge in [-0.15, -0.1) is 0 Å². The highest BCUT2D eigenvalue weighted by Crippen LogP contribution is 2.34. The summed E-state index contributed by atoms with van der Waals surface area (Å²) in [5.74, 6) is -0.455. The molecule has 2 aromatic rings. The fraction of sp³-hybridized carbons (Fsp3) is 0.278. The molecule has 8 nitrogen and oxygen atoms in total. The largest absolute Gasteiger partial charge is 0.332 e. The van der Waals surface area contributed by atoms with Gasteiger partial charge in [0.1, 0.15) is 6.04 Å². The van der Waals surface area contributed by atoms with E-state index in [9.17, 15) is 23.3 Å². The number of carbonyl (C=O) groups is 2. The molecular formula is C18H16N4O4S. The third-order valence-electron chi connectivity index (χ3n) is 5.02. The van der Waals surface area contributed by atoms with Crippen molar-refractivity contribution in [1.29, 1.82) is 5.26 Å². The first kappa shape index (κ1) is 17.5. The lowest BCUT2D eigenvalue weighted by Gasteiger charge is -2.33. The van der Waals surface area contributed by atoms with Crippen LogP contribution in [-0.4, -0.2) is 61.5 Å². The predicted molar refractivity (Wildman–Crippen MR) is 98.5 cm³/mol. The first-order valence-corrected chi connectivity index (χ1v) is 10.2. The Morgan fingerprint density at radius 2 is 1.78 bits per heavy atom. The van der Waals surface area contributed by atoms with Crippen molar-refractivity contribution in [2.75, 3.05) is 30.8 Å². The molecular weight excluding hydrogens is 368 g/mol. The Morgan fingerprint density at radius 3 is 2.44 bits per heavy atom. The number of amides is 3. The van der Waals surface area contributed by atoms with Gasteiger partial charge in [0.15, 0.2) is 0 Å². The number of hydrogen-bond acceptors (Lipinski definition) is 5. The van der Waals surface area contributed by atoms with Crippen molar-refractivity contribution in [1.82, 2.24) is 9.21 Å². The summed E-state index contributed by atoms with van der Waals surface area (Å²) in [7, 11) is -3.44. The number of hydrogen-bond donors (Lipinski definition) is 0. The van der Waals surface area contributed by atoms with Gasteiger partial charge in [-0.1, -0.05) is 24.3 Å². The van der Waals surface area contributed by atoms with E-state index in [1.54, 1.807) is 36.4 Å². The predicted octanol–water partition coefficient (Wildman–Crippen LogP) is 1.12. The molecule has 1 unspecified atom stereocenters. The van der Waals surface area contributed by atoms with Crippen LogP contribution in [0.15, 0.2) is 36.4 Å². The van der Waals surface area contributed by atoms with Gasteiger partial charge < -0.3 is 4.90 Å². The molecule has 2 aliphatic heterocycles. The average Bonchev–Trinajstić information content (AvgIpc) is 2.90. The summed E-state index contributed by atoms with van der Waals surface area (Å²) in [5.41, 5.74) is 0.856. The number of benzene rings is 2. The second-order valence-electron chi connectivity index (χ2n) is 6.58. The van der Waals surface area contributed by atoms with Crippen LogP contribution in [0.25, 0.3) is 10.8 Å². The molecule has 4 rings (SSSR count). The standard InChI is InChI=1S/C18H16N4O4S/c1-27(25,26)20-8-9-21-16(11-20)17(23)22(18(21)24)15-7-6-12(10-19)13-4-2-3-5-14(13)15/h2-7,16H,8-9,11H2,1H3. The zero-order chi connectivity index (χ0) is 19.3. The maximum Gasteiger partial charge on any atom is 0.332 e. The zero-order valence-electron chi connectivity index (χ0n) is 14.5. The molecule has 0 bridgehead atoms. The Balaban J connectivity index is 1.79. The van der Waals surface area contributed by atoms with Gasteiger partial charge in [0.05, 0.1) is 23.6 Å². The minimum absolute atomic E-state index is 0.0475. The lowest BCUT2D eigenvalue weighted by Crippen LogP contribution is -2.54. The van der Waals surface area contributed by atoms with Crippen LogP contribution in [0, 0.1) is 11.3 Å². The second kappa shape index (κ2) is 6.04. The molecule has 0 saturated carbocycles. The van der Waals surface area contributed by atoms with Gasteiger partial charge in [-0.25, -0.2) is 18.1 Å². The fourth-order valence-electron chi connectivity index (χ4n) is 3.67. The summed E-state index contributed by atoms with van der Waals surface area (Å²) >= 11 is 0. The average molecular weight is 384 g/mol. The molecule has 0 N–H and O–H groups in total. The summed E-state index contributed by atoms with van der Waals surface area (Å²) in [5, 5.41) is 10.6. The van der Waals surface area contributed by atoms with E-state index in [2.05, 4.69) is 6.07 Å². The van der Waals surface area contributed by atoms with Gasteiger partial charge in [-0.3, -0.25) is 4.79 Å². The molecule has 2 aliphatic rings. The first-order chi connectivity index (χ1) is 12.8. The quantitative estimate of drug-likeness (QED) is 0.722. The molecule has 27 heavy (non-hydrogen) atoms. The van der Waals surface area contributed by atoms with Crippen LogP contribution in [0.3, 0.4) is 0 Å². The monoisotopic (exact) mass is 384 g/mol. The van der Waals surface area contributed by atoms with Gasteiger partial charge >= 0.3 is 6.03 Å². The summed E-state index contributed by atoms with van der Waals surface area (Å²) < 4.78 is 24.9. The Morgan fingerprint density at radius 1 is 1.07 bits per heavy atom. The Hall–Kier alpha value is -2.96. The third kappa shape index (κ3) is 2.65. The van der Waals surface area contributed by atoms with Crippen LogP contribution in [-0.2, 0) is 14.8 Å². The smallest absolute Gasteiger partial charge is 0.309 e. The normalized spacial score (nSPS) is 20.8. The molecule has 2 aromatic carbocycles. The van der Waals surface area contributed by atoms with E-state index >= 15 is 0 Å². The van der Waals surface area contributed by atoms with E-state index < -0.39 is 28.0 Å². The van der Waals surface area contributed by atoms with E-state index in [1.165, 1.54) is 9.21 Å². The van der Waals surface area contributed by atoms with Gasteiger partial charge in [0.2, 0.25) is 10.0 Å². The number of fused-ring (bicyclic) bond motifs is 2. The third-order valence-corrected chi connectivity index (χ3v) is 6.29. The van der Waals surface area contributed by atoms with Crippen molar-refractivity contribution in [3.8, 4) is 6.07 Å². The Kier molecular flexibility index (Phi) is 3.91.